The van der Waals surface area contributed by atoms with Crippen molar-refractivity contribution in [1.29, 1.82) is 0 Å². The van der Waals surface area contributed by atoms with Gasteiger partial charge in [-0.15, -0.1) is 10.2 Å². The van der Waals surface area contributed by atoms with Gasteiger partial charge in [-0.2, -0.15) is 4.98 Å². The number of piperazine rings is 1. The summed E-state index contributed by atoms with van der Waals surface area (Å²) in [6, 6.07) is 10.0. The van der Waals surface area contributed by atoms with Gasteiger partial charge in [0.15, 0.2) is 11.4 Å². The van der Waals surface area contributed by atoms with Crippen molar-refractivity contribution in [1.82, 2.24) is 25.1 Å². The second kappa shape index (κ2) is 9.74. The number of rotatable bonds is 7. The fraction of sp³-hybridized carbons (Fsp3) is 0.500. The predicted octanol–water partition coefficient (Wildman–Crippen LogP) is 3.24. The average Bonchev–Trinajstić information content (AvgIpc) is 3.38. The first-order valence-electron chi connectivity index (χ1n) is 12.0. The maximum absolute atomic E-state index is 13.3. The van der Waals surface area contributed by atoms with E-state index < -0.39 is 0 Å². The van der Waals surface area contributed by atoms with Crippen molar-refractivity contribution in [2.75, 3.05) is 43.0 Å². The summed E-state index contributed by atoms with van der Waals surface area (Å²) in [5.41, 5.74) is 3.09. The molecule has 5 rings (SSSR count). The molecule has 1 aromatic carbocycles. The maximum atomic E-state index is 13.3. The van der Waals surface area contributed by atoms with Crippen molar-refractivity contribution in [3.8, 4) is 5.75 Å². The van der Waals surface area contributed by atoms with E-state index in [4.69, 9.17) is 9.72 Å². The van der Waals surface area contributed by atoms with Crippen LogP contribution >= 0.6 is 0 Å². The smallest absolute Gasteiger partial charge is 0.294 e. The van der Waals surface area contributed by atoms with Gasteiger partial charge in [-0.3, -0.25) is 9.36 Å². The van der Waals surface area contributed by atoms with Gasteiger partial charge in [0.05, 0.1) is 6.61 Å². The monoisotopic (exact) mass is 449 g/mol. The maximum Gasteiger partial charge on any atom is 0.294 e. The molecule has 0 spiro atoms. The zero-order valence-electron chi connectivity index (χ0n) is 19.1. The first-order chi connectivity index (χ1) is 16.2. The van der Waals surface area contributed by atoms with E-state index in [-0.39, 0.29) is 11.6 Å². The van der Waals surface area contributed by atoms with Crippen LogP contribution in [0, 0.1) is 0 Å². The Bertz CT molecular complexity index is 1150. The number of ether oxygens (including phenoxy) is 1. The van der Waals surface area contributed by atoms with Gasteiger partial charge in [-0.25, -0.2) is 0 Å². The van der Waals surface area contributed by atoms with E-state index in [1.807, 2.05) is 19.1 Å². The number of fused-ring (bicyclic) bond motifs is 1. The Hall–Kier alpha value is -3.20. The summed E-state index contributed by atoms with van der Waals surface area (Å²) in [5.74, 6) is 0.711. The van der Waals surface area contributed by atoms with Crippen LogP contribution < -0.4 is 25.8 Å². The molecule has 3 heterocycles. The molecule has 2 aliphatic rings. The number of aromatic nitrogens is 4. The van der Waals surface area contributed by atoms with Crippen molar-refractivity contribution in [2.24, 2.45) is 0 Å². The minimum absolute atomic E-state index is 0.119. The second-order valence-corrected chi connectivity index (χ2v) is 8.72. The van der Waals surface area contributed by atoms with E-state index in [2.05, 4.69) is 37.9 Å². The topological polar surface area (TPSA) is 97.2 Å². The van der Waals surface area contributed by atoms with E-state index in [0.29, 0.717) is 29.5 Å². The van der Waals surface area contributed by atoms with Gasteiger partial charge in [0.25, 0.3) is 5.56 Å². The highest BCUT2D eigenvalue weighted by molar-refractivity contribution is 5.73. The molecule has 1 saturated carbocycles. The summed E-state index contributed by atoms with van der Waals surface area (Å²) in [7, 11) is 0. The molecular weight excluding hydrogens is 418 g/mol. The van der Waals surface area contributed by atoms with Crippen LogP contribution in [0.1, 0.15) is 45.1 Å². The highest BCUT2D eigenvalue weighted by Gasteiger charge is 2.24. The largest absolute Gasteiger partial charge is 0.488 e. The molecule has 1 saturated heterocycles. The molecule has 0 radical (unpaired) electrons. The second-order valence-electron chi connectivity index (χ2n) is 8.72. The zero-order valence-corrected chi connectivity index (χ0v) is 19.1. The summed E-state index contributed by atoms with van der Waals surface area (Å²) in [5, 5.41) is 15.3. The van der Waals surface area contributed by atoms with E-state index in [9.17, 15) is 4.79 Å². The van der Waals surface area contributed by atoms with Crippen LogP contribution in [0.25, 0.3) is 11.2 Å². The minimum Gasteiger partial charge on any atom is -0.488 e. The Morgan fingerprint density at radius 1 is 1.12 bits per heavy atom. The van der Waals surface area contributed by atoms with Gasteiger partial charge in [0.1, 0.15) is 5.52 Å². The lowest BCUT2D eigenvalue weighted by molar-refractivity contribution is 0.309. The molecule has 33 heavy (non-hydrogen) atoms. The lowest BCUT2D eigenvalue weighted by atomic mass is 10.2. The highest BCUT2D eigenvalue weighted by atomic mass is 16.5. The van der Waals surface area contributed by atoms with Crippen LogP contribution in [0.15, 0.2) is 35.1 Å². The third-order valence-corrected chi connectivity index (χ3v) is 6.38. The van der Waals surface area contributed by atoms with Crippen molar-refractivity contribution >= 4 is 28.5 Å². The Morgan fingerprint density at radius 2 is 1.88 bits per heavy atom. The SMILES string of the molecule is CCCOc1cc2nnc(Nc3ccc(N4CCNCC4)cc3)nc2n(C2CCCC2)c1=O. The van der Waals surface area contributed by atoms with Crippen molar-refractivity contribution in [2.45, 2.75) is 45.1 Å². The van der Waals surface area contributed by atoms with Gasteiger partial charge in [-0.1, -0.05) is 19.8 Å². The van der Waals surface area contributed by atoms with Crippen molar-refractivity contribution < 1.29 is 4.74 Å². The van der Waals surface area contributed by atoms with Crippen molar-refractivity contribution in [3.63, 3.8) is 0 Å². The number of hydrogen-bond acceptors (Lipinski definition) is 8. The molecule has 2 aromatic heterocycles. The number of pyridine rings is 1. The van der Waals surface area contributed by atoms with Crippen LogP contribution in [0.4, 0.5) is 17.3 Å². The molecule has 3 aromatic rings. The number of anilines is 3. The molecule has 0 amide bonds. The van der Waals surface area contributed by atoms with Gasteiger partial charge >= 0.3 is 0 Å². The molecule has 0 unspecified atom stereocenters. The normalized spacial score (nSPS) is 16.9. The van der Waals surface area contributed by atoms with Crippen LogP contribution in [-0.2, 0) is 0 Å². The summed E-state index contributed by atoms with van der Waals surface area (Å²) in [6.07, 6.45) is 4.99. The number of nitrogens with zero attached hydrogens (tertiary/aromatic N) is 5. The Kier molecular flexibility index (Phi) is 6.39. The van der Waals surface area contributed by atoms with E-state index in [0.717, 1.165) is 64.0 Å². The van der Waals surface area contributed by atoms with Crippen LogP contribution in [-0.4, -0.2) is 52.5 Å². The number of benzene rings is 1. The van der Waals surface area contributed by atoms with E-state index in [1.165, 1.54) is 5.69 Å². The van der Waals surface area contributed by atoms with E-state index in [1.54, 1.807) is 10.6 Å². The third kappa shape index (κ3) is 4.64. The Balaban J connectivity index is 1.44. The fourth-order valence-corrected chi connectivity index (χ4v) is 4.67. The fourth-order valence-electron chi connectivity index (χ4n) is 4.67. The Labute approximate surface area is 193 Å². The van der Waals surface area contributed by atoms with Crippen LogP contribution in [0.2, 0.25) is 0 Å². The highest BCUT2D eigenvalue weighted by Crippen LogP contribution is 2.31. The molecule has 0 atom stereocenters. The lowest BCUT2D eigenvalue weighted by Crippen LogP contribution is -2.43. The molecule has 9 heteroatoms. The minimum atomic E-state index is -0.130. The third-order valence-electron chi connectivity index (χ3n) is 6.38. The summed E-state index contributed by atoms with van der Waals surface area (Å²) >= 11 is 0. The zero-order chi connectivity index (χ0) is 22.6. The quantitative estimate of drug-likeness (QED) is 0.567. The first-order valence-corrected chi connectivity index (χ1v) is 12.0. The standard InChI is InChI=1S/C24H31N7O2/c1-2-15-33-21-16-20-22(31(23(21)32)19-5-3-4-6-19)27-24(29-28-20)26-17-7-9-18(10-8-17)30-13-11-25-12-14-30/h7-10,16,19,25H,2-6,11-15H2,1H3,(H,26,27,29). The molecule has 1 aliphatic heterocycles. The number of nitrogens with one attached hydrogen (secondary N) is 2. The van der Waals surface area contributed by atoms with Gasteiger partial charge in [-0.05, 0) is 43.5 Å². The first kappa shape index (κ1) is 21.6. The molecule has 2 fully saturated rings. The van der Waals surface area contributed by atoms with Crippen LogP contribution in [0.3, 0.4) is 0 Å². The summed E-state index contributed by atoms with van der Waals surface area (Å²) in [4.78, 5) is 20.3. The predicted molar refractivity (Wildman–Crippen MR) is 130 cm³/mol. The summed E-state index contributed by atoms with van der Waals surface area (Å²) in [6.45, 7) is 6.54. The van der Waals surface area contributed by atoms with E-state index >= 15 is 0 Å². The molecule has 0 bridgehead atoms. The number of hydrogen-bond donors (Lipinski definition) is 2. The molecule has 1 aliphatic carbocycles. The Morgan fingerprint density at radius 3 is 2.61 bits per heavy atom. The molecule has 9 nitrogen and oxygen atoms in total. The van der Waals surface area contributed by atoms with Gasteiger partial charge in [0.2, 0.25) is 5.95 Å². The van der Waals surface area contributed by atoms with Crippen LogP contribution in [0.5, 0.6) is 5.75 Å². The van der Waals surface area contributed by atoms with Gasteiger partial charge < -0.3 is 20.3 Å². The molecular formula is C24H31N7O2. The summed E-state index contributed by atoms with van der Waals surface area (Å²) < 4.78 is 7.51. The lowest BCUT2D eigenvalue weighted by Gasteiger charge is -2.29. The van der Waals surface area contributed by atoms with Gasteiger partial charge in [0, 0.05) is 49.7 Å². The molecule has 2 N–H and O–H groups in total. The van der Waals surface area contributed by atoms with Crippen molar-refractivity contribution in [3.05, 3.63) is 40.7 Å². The average molecular weight is 450 g/mol. The molecule has 174 valence electrons.